The summed E-state index contributed by atoms with van der Waals surface area (Å²) >= 11 is 0. The third-order valence-corrected chi connectivity index (χ3v) is 3.59. The van der Waals surface area contributed by atoms with Crippen LogP contribution < -0.4 is 5.32 Å². The second kappa shape index (κ2) is 5.83. The van der Waals surface area contributed by atoms with Gasteiger partial charge in [-0.05, 0) is 51.2 Å². The van der Waals surface area contributed by atoms with Crippen LogP contribution in [-0.2, 0) is 4.74 Å². The Morgan fingerprint density at radius 1 is 1.20 bits per heavy atom. The summed E-state index contributed by atoms with van der Waals surface area (Å²) in [6.07, 6.45) is 5.55. The molecule has 1 heterocycles. The summed E-state index contributed by atoms with van der Waals surface area (Å²) < 4.78 is 5.10. The first-order valence-electron chi connectivity index (χ1n) is 6.33. The molecule has 1 aliphatic carbocycles. The minimum Gasteiger partial charge on any atom is -0.383 e. The predicted molar refractivity (Wildman–Crippen MR) is 62.1 cm³/mol. The zero-order chi connectivity index (χ0) is 10.5. The maximum atomic E-state index is 5.10. The van der Waals surface area contributed by atoms with Crippen LogP contribution >= 0.6 is 0 Å². The van der Waals surface area contributed by atoms with Crippen molar-refractivity contribution in [3.63, 3.8) is 0 Å². The van der Waals surface area contributed by atoms with Crippen LogP contribution in [0.1, 0.15) is 25.7 Å². The van der Waals surface area contributed by atoms with Gasteiger partial charge in [-0.25, -0.2) is 0 Å². The molecule has 0 radical (unpaired) electrons. The standard InChI is InChI=1S/C12H24N2O/c1-15-9-8-14-6-4-12(5-7-14)13-10-11-2-3-11/h11-13H,2-10H2,1H3. The molecule has 3 nitrogen and oxygen atoms in total. The van der Waals surface area contributed by atoms with E-state index < -0.39 is 0 Å². The molecule has 1 aliphatic heterocycles. The van der Waals surface area contributed by atoms with E-state index in [4.69, 9.17) is 4.74 Å². The van der Waals surface area contributed by atoms with E-state index in [-0.39, 0.29) is 0 Å². The number of rotatable bonds is 6. The van der Waals surface area contributed by atoms with Gasteiger partial charge in [-0.1, -0.05) is 0 Å². The molecule has 0 aromatic heterocycles. The van der Waals surface area contributed by atoms with E-state index in [9.17, 15) is 0 Å². The molecule has 3 heteroatoms. The Labute approximate surface area is 93.2 Å². The van der Waals surface area contributed by atoms with Gasteiger partial charge in [-0.15, -0.1) is 0 Å². The van der Waals surface area contributed by atoms with Gasteiger partial charge in [-0.2, -0.15) is 0 Å². The van der Waals surface area contributed by atoms with Gasteiger partial charge in [0.25, 0.3) is 0 Å². The Hall–Kier alpha value is -0.120. The summed E-state index contributed by atoms with van der Waals surface area (Å²) in [6.45, 7) is 5.73. The van der Waals surface area contributed by atoms with Crippen molar-refractivity contribution in [1.29, 1.82) is 0 Å². The molecule has 0 aromatic carbocycles. The first-order chi connectivity index (χ1) is 7.38. The first-order valence-corrected chi connectivity index (χ1v) is 6.33. The second-order valence-electron chi connectivity index (χ2n) is 4.96. The van der Waals surface area contributed by atoms with Crippen LogP contribution in [0.25, 0.3) is 0 Å². The lowest BCUT2D eigenvalue weighted by molar-refractivity contribution is 0.126. The number of ether oxygens (including phenoxy) is 1. The number of likely N-dealkylation sites (tertiary alicyclic amines) is 1. The Bertz CT molecular complexity index is 174. The normalized spacial score (nSPS) is 24.6. The van der Waals surface area contributed by atoms with E-state index in [1.54, 1.807) is 7.11 Å². The number of nitrogens with zero attached hydrogens (tertiary/aromatic N) is 1. The lowest BCUT2D eigenvalue weighted by Gasteiger charge is -2.32. The average molecular weight is 212 g/mol. The van der Waals surface area contributed by atoms with E-state index in [0.29, 0.717) is 0 Å². The van der Waals surface area contributed by atoms with Gasteiger partial charge in [-0.3, -0.25) is 0 Å². The Morgan fingerprint density at radius 2 is 1.93 bits per heavy atom. The van der Waals surface area contributed by atoms with E-state index in [1.165, 1.54) is 45.3 Å². The molecular weight excluding hydrogens is 188 g/mol. The number of methoxy groups -OCH3 is 1. The molecule has 0 atom stereocenters. The van der Waals surface area contributed by atoms with Crippen LogP contribution in [0.3, 0.4) is 0 Å². The highest BCUT2D eigenvalue weighted by Gasteiger charge is 2.24. The fourth-order valence-corrected chi connectivity index (χ4v) is 2.24. The summed E-state index contributed by atoms with van der Waals surface area (Å²) in [6, 6.07) is 0.782. The Balaban J connectivity index is 1.54. The van der Waals surface area contributed by atoms with Crippen molar-refractivity contribution in [3.8, 4) is 0 Å². The van der Waals surface area contributed by atoms with Crippen molar-refractivity contribution >= 4 is 0 Å². The summed E-state index contributed by atoms with van der Waals surface area (Å²) in [5, 5.41) is 3.70. The average Bonchev–Trinajstić information content (AvgIpc) is 3.09. The molecule has 0 aromatic rings. The van der Waals surface area contributed by atoms with Crippen molar-refractivity contribution < 1.29 is 4.74 Å². The molecular formula is C12H24N2O. The van der Waals surface area contributed by atoms with Crippen molar-refractivity contribution in [2.75, 3.05) is 39.9 Å². The highest BCUT2D eigenvalue weighted by atomic mass is 16.5. The number of hydrogen-bond donors (Lipinski definition) is 1. The van der Waals surface area contributed by atoms with Crippen LogP contribution in [0, 0.1) is 5.92 Å². The number of nitrogens with one attached hydrogen (secondary N) is 1. The van der Waals surface area contributed by atoms with Gasteiger partial charge in [0.05, 0.1) is 6.61 Å². The second-order valence-corrected chi connectivity index (χ2v) is 4.96. The fraction of sp³-hybridized carbons (Fsp3) is 1.00. The molecule has 0 spiro atoms. The largest absolute Gasteiger partial charge is 0.383 e. The van der Waals surface area contributed by atoms with Gasteiger partial charge in [0, 0.05) is 19.7 Å². The van der Waals surface area contributed by atoms with Gasteiger partial charge >= 0.3 is 0 Å². The van der Waals surface area contributed by atoms with Crippen LogP contribution in [0.4, 0.5) is 0 Å². The molecule has 2 aliphatic rings. The zero-order valence-electron chi connectivity index (χ0n) is 9.87. The summed E-state index contributed by atoms with van der Waals surface area (Å²) in [5.74, 6) is 1.01. The highest BCUT2D eigenvalue weighted by Crippen LogP contribution is 2.28. The number of piperidine rings is 1. The van der Waals surface area contributed by atoms with Gasteiger partial charge in [0.2, 0.25) is 0 Å². The molecule has 2 rings (SSSR count). The minimum absolute atomic E-state index is 0.782. The van der Waals surface area contributed by atoms with Crippen LogP contribution in [0.2, 0.25) is 0 Å². The maximum absolute atomic E-state index is 5.10. The molecule has 15 heavy (non-hydrogen) atoms. The van der Waals surface area contributed by atoms with E-state index >= 15 is 0 Å². The molecule has 88 valence electrons. The van der Waals surface area contributed by atoms with Crippen molar-refractivity contribution in [2.45, 2.75) is 31.7 Å². The van der Waals surface area contributed by atoms with Gasteiger partial charge < -0.3 is 15.0 Å². The molecule has 1 N–H and O–H groups in total. The monoisotopic (exact) mass is 212 g/mol. The summed E-state index contributed by atoms with van der Waals surface area (Å²) in [7, 11) is 1.78. The first kappa shape index (κ1) is 11.4. The maximum Gasteiger partial charge on any atom is 0.0589 e. The summed E-state index contributed by atoms with van der Waals surface area (Å²) in [4.78, 5) is 2.51. The highest BCUT2D eigenvalue weighted by molar-refractivity contribution is 4.81. The molecule has 1 saturated carbocycles. The topological polar surface area (TPSA) is 24.5 Å². The predicted octanol–water partition coefficient (Wildman–Crippen LogP) is 1.10. The Morgan fingerprint density at radius 3 is 2.53 bits per heavy atom. The third kappa shape index (κ3) is 4.09. The van der Waals surface area contributed by atoms with Crippen molar-refractivity contribution in [3.05, 3.63) is 0 Å². The summed E-state index contributed by atoms with van der Waals surface area (Å²) in [5.41, 5.74) is 0. The third-order valence-electron chi connectivity index (χ3n) is 3.59. The molecule has 0 bridgehead atoms. The lowest BCUT2D eigenvalue weighted by atomic mass is 10.1. The van der Waals surface area contributed by atoms with Crippen molar-refractivity contribution in [2.24, 2.45) is 5.92 Å². The SMILES string of the molecule is COCCN1CCC(NCC2CC2)CC1. The van der Waals surface area contributed by atoms with E-state index in [1.807, 2.05) is 0 Å². The quantitative estimate of drug-likeness (QED) is 0.713. The fourth-order valence-electron chi connectivity index (χ4n) is 2.24. The van der Waals surface area contributed by atoms with Crippen LogP contribution in [0.5, 0.6) is 0 Å². The molecule has 2 fully saturated rings. The van der Waals surface area contributed by atoms with Gasteiger partial charge in [0.1, 0.15) is 0 Å². The smallest absolute Gasteiger partial charge is 0.0589 e. The van der Waals surface area contributed by atoms with Crippen LogP contribution in [-0.4, -0.2) is 50.8 Å². The molecule has 0 amide bonds. The number of hydrogen-bond acceptors (Lipinski definition) is 3. The zero-order valence-corrected chi connectivity index (χ0v) is 9.87. The Kier molecular flexibility index (Phi) is 4.42. The van der Waals surface area contributed by atoms with Crippen LogP contribution in [0.15, 0.2) is 0 Å². The van der Waals surface area contributed by atoms with Crippen molar-refractivity contribution in [1.82, 2.24) is 10.2 Å². The van der Waals surface area contributed by atoms with Gasteiger partial charge in [0.15, 0.2) is 0 Å². The lowest BCUT2D eigenvalue weighted by Crippen LogP contribution is -2.43. The van der Waals surface area contributed by atoms with E-state index in [0.717, 1.165) is 25.1 Å². The molecule has 0 unspecified atom stereocenters. The molecule has 1 saturated heterocycles. The van der Waals surface area contributed by atoms with E-state index in [2.05, 4.69) is 10.2 Å². The minimum atomic E-state index is 0.782.